The Kier molecular flexibility index (Phi) is 5.00. The molecule has 3 rings (SSSR count). The first-order valence-corrected chi connectivity index (χ1v) is 8.96. The van der Waals surface area contributed by atoms with Crippen LogP contribution in [0, 0.1) is 0 Å². The van der Waals surface area contributed by atoms with Crippen molar-refractivity contribution in [2.24, 2.45) is 0 Å². The van der Waals surface area contributed by atoms with Crippen molar-refractivity contribution in [2.75, 3.05) is 13.6 Å². The van der Waals surface area contributed by atoms with Gasteiger partial charge in [0, 0.05) is 6.54 Å². The standard InChI is InChI=1S/C20H24BrN/c1-22(16-18-6-3-2-4-7-18)15-5-8-17-9-11-19(12-10-17)20(21)13-14-20/h2-4,6-7,9-12H,5,8,13-16H2,1H3. The fraction of sp³-hybridized carbons (Fsp3) is 0.400. The maximum absolute atomic E-state index is 3.82. The van der Waals surface area contributed by atoms with Crippen LogP contribution in [0.25, 0.3) is 0 Å². The summed E-state index contributed by atoms with van der Waals surface area (Å²) < 4.78 is 0.307. The predicted octanol–water partition coefficient (Wildman–Crippen LogP) is 5.14. The first-order valence-electron chi connectivity index (χ1n) is 8.16. The van der Waals surface area contributed by atoms with Crippen LogP contribution in [0.1, 0.15) is 36.0 Å². The van der Waals surface area contributed by atoms with Gasteiger partial charge in [0.2, 0.25) is 0 Å². The van der Waals surface area contributed by atoms with E-state index in [2.05, 4.69) is 82.5 Å². The molecule has 1 fully saturated rings. The van der Waals surface area contributed by atoms with Crippen LogP contribution in [-0.2, 0) is 17.3 Å². The molecule has 0 spiro atoms. The molecule has 1 nitrogen and oxygen atoms in total. The number of nitrogens with zero attached hydrogens (tertiary/aromatic N) is 1. The predicted molar refractivity (Wildman–Crippen MR) is 97.4 cm³/mol. The highest BCUT2D eigenvalue weighted by molar-refractivity contribution is 9.09. The summed E-state index contributed by atoms with van der Waals surface area (Å²) in [6, 6.07) is 19.9. The van der Waals surface area contributed by atoms with Gasteiger partial charge in [-0.15, -0.1) is 0 Å². The summed E-state index contributed by atoms with van der Waals surface area (Å²) in [4.78, 5) is 2.40. The number of hydrogen-bond acceptors (Lipinski definition) is 1. The maximum atomic E-state index is 3.82. The molecule has 0 amide bonds. The molecule has 1 aliphatic rings. The van der Waals surface area contributed by atoms with Crippen LogP contribution in [0.15, 0.2) is 54.6 Å². The van der Waals surface area contributed by atoms with Gasteiger partial charge in [-0.05, 0) is 56.0 Å². The lowest BCUT2D eigenvalue weighted by Crippen LogP contribution is -2.19. The van der Waals surface area contributed by atoms with Gasteiger partial charge >= 0.3 is 0 Å². The minimum Gasteiger partial charge on any atom is -0.302 e. The second kappa shape index (κ2) is 6.97. The largest absolute Gasteiger partial charge is 0.302 e. The van der Waals surface area contributed by atoms with E-state index in [-0.39, 0.29) is 0 Å². The van der Waals surface area contributed by atoms with Crippen molar-refractivity contribution in [2.45, 2.75) is 36.6 Å². The summed E-state index contributed by atoms with van der Waals surface area (Å²) in [5.74, 6) is 0. The average molecular weight is 358 g/mol. The number of rotatable bonds is 7. The maximum Gasteiger partial charge on any atom is 0.0507 e. The van der Waals surface area contributed by atoms with Crippen molar-refractivity contribution in [1.82, 2.24) is 4.90 Å². The van der Waals surface area contributed by atoms with Crippen molar-refractivity contribution in [1.29, 1.82) is 0 Å². The molecule has 0 bridgehead atoms. The number of aryl methyl sites for hydroxylation is 1. The highest BCUT2D eigenvalue weighted by Crippen LogP contribution is 2.53. The minimum absolute atomic E-state index is 0.307. The van der Waals surface area contributed by atoms with Gasteiger partial charge in [-0.3, -0.25) is 0 Å². The topological polar surface area (TPSA) is 3.24 Å². The van der Waals surface area contributed by atoms with Crippen LogP contribution in [0.4, 0.5) is 0 Å². The van der Waals surface area contributed by atoms with Gasteiger partial charge in [-0.1, -0.05) is 70.5 Å². The molecule has 0 atom stereocenters. The zero-order valence-electron chi connectivity index (χ0n) is 13.3. The number of halogens is 1. The summed E-state index contributed by atoms with van der Waals surface area (Å²) in [5, 5.41) is 0. The molecule has 2 heteroatoms. The van der Waals surface area contributed by atoms with E-state index in [0.29, 0.717) is 4.32 Å². The van der Waals surface area contributed by atoms with Gasteiger partial charge < -0.3 is 4.90 Å². The van der Waals surface area contributed by atoms with Crippen LogP contribution < -0.4 is 0 Å². The van der Waals surface area contributed by atoms with Crippen molar-refractivity contribution < 1.29 is 0 Å². The molecule has 0 heterocycles. The Hall–Kier alpha value is -1.12. The molecule has 1 saturated carbocycles. The minimum atomic E-state index is 0.307. The molecule has 0 aliphatic heterocycles. The first kappa shape index (κ1) is 15.8. The first-order chi connectivity index (χ1) is 10.7. The summed E-state index contributed by atoms with van der Waals surface area (Å²) in [5.41, 5.74) is 4.28. The highest BCUT2D eigenvalue weighted by Gasteiger charge is 2.41. The fourth-order valence-corrected chi connectivity index (χ4v) is 3.36. The third kappa shape index (κ3) is 4.21. The number of hydrogen-bond donors (Lipinski definition) is 0. The Labute approximate surface area is 142 Å². The molecule has 1 aliphatic carbocycles. The van der Waals surface area contributed by atoms with Crippen molar-refractivity contribution in [3.8, 4) is 0 Å². The summed E-state index contributed by atoms with van der Waals surface area (Å²) in [6.07, 6.45) is 4.92. The van der Waals surface area contributed by atoms with Gasteiger partial charge in [0.1, 0.15) is 0 Å². The molecule has 0 unspecified atom stereocenters. The Morgan fingerprint density at radius 1 is 0.955 bits per heavy atom. The van der Waals surface area contributed by atoms with E-state index < -0.39 is 0 Å². The molecule has 22 heavy (non-hydrogen) atoms. The van der Waals surface area contributed by atoms with Crippen molar-refractivity contribution in [3.63, 3.8) is 0 Å². The van der Waals surface area contributed by atoms with E-state index in [1.54, 1.807) is 0 Å². The molecular weight excluding hydrogens is 334 g/mol. The third-order valence-electron chi connectivity index (χ3n) is 4.46. The number of benzene rings is 2. The van der Waals surface area contributed by atoms with Crippen molar-refractivity contribution in [3.05, 3.63) is 71.3 Å². The van der Waals surface area contributed by atoms with Crippen molar-refractivity contribution >= 4 is 15.9 Å². The lowest BCUT2D eigenvalue weighted by Gasteiger charge is -2.16. The van der Waals surface area contributed by atoms with E-state index >= 15 is 0 Å². The van der Waals surface area contributed by atoms with Crippen LogP contribution in [0.5, 0.6) is 0 Å². The Morgan fingerprint density at radius 3 is 2.27 bits per heavy atom. The van der Waals surface area contributed by atoms with Gasteiger partial charge in [0.15, 0.2) is 0 Å². The Morgan fingerprint density at radius 2 is 1.64 bits per heavy atom. The zero-order chi connectivity index (χ0) is 15.4. The normalized spacial score (nSPS) is 16.0. The van der Waals surface area contributed by atoms with E-state index in [0.717, 1.165) is 19.5 Å². The quantitative estimate of drug-likeness (QED) is 0.620. The summed E-state index contributed by atoms with van der Waals surface area (Å²) in [6.45, 7) is 2.17. The molecule has 2 aromatic carbocycles. The average Bonchev–Trinajstić information content (AvgIpc) is 3.28. The molecule has 0 saturated heterocycles. The SMILES string of the molecule is CN(CCCc1ccc(C2(Br)CC2)cc1)Cc1ccccc1. The smallest absolute Gasteiger partial charge is 0.0507 e. The molecule has 0 aromatic heterocycles. The number of alkyl halides is 1. The van der Waals surface area contributed by atoms with E-state index in [1.165, 1.54) is 36.0 Å². The lowest BCUT2D eigenvalue weighted by molar-refractivity contribution is 0.322. The van der Waals surface area contributed by atoms with Crippen LogP contribution >= 0.6 is 15.9 Å². The van der Waals surface area contributed by atoms with Crippen LogP contribution in [0.3, 0.4) is 0 Å². The van der Waals surface area contributed by atoms with E-state index in [4.69, 9.17) is 0 Å². The molecule has 0 N–H and O–H groups in total. The molecule has 0 radical (unpaired) electrons. The molecule has 2 aromatic rings. The zero-order valence-corrected chi connectivity index (χ0v) is 14.8. The Balaban J connectivity index is 1.42. The second-order valence-corrected chi connectivity index (χ2v) is 8.01. The molecule has 116 valence electrons. The fourth-order valence-electron chi connectivity index (χ4n) is 2.90. The van der Waals surface area contributed by atoms with E-state index in [1.807, 2.05) is 0 Å². The van der Waals surface area contributed by atoms with Gasteiger partial charge in [-0.25, -0.2) is 0 Å². The van der Waals surface area contributed by atoms with Gasteiger partial charge in [-0.2, -0.15) is 0 Å². The molecular formula is C20H24BrN. The highest BCUT2D eigenvalue weighted by atomic mass is 79.9. The van der Waals surface area contributed by atoms with Crippen LogP contribution in [-0.4, -0.2) is 18.5 Å². The summed E-state index contributed by atoms with van der Waals surface area (Å²) in [7, 11) is 2.21. The van der Waals surface area contributed by atoms with Crippen LogP contribution in [0.2, 0.25) is 0 Å². The van der Waals surface area contributed by atoms with Gasteiger partial charge in [0.05, 0.1) is 4.32 Å². The lowest BCUT2D eigenvalue weighted by atomic mass is 10.0. The second-order valence-electron chi connectivity index (χ2n) is 6.49. The Bertz CT molecular complexity index is 587. The van der Waals surface area contributed by atoms with Gasteiger partial charge in [0.25, 0.3) is 0 Å². The monoisotopic (exact) mass is 357 g/mol. The summed E-state index contributed by atoms with van der Waals surface area (Å²) >= 11 is 3.82. The van der Waals surface area contributed by atoms with E-state index in [9.17, 15) is 0 Å². The third-order valence-corrected chi connectivity index (χ3v) is 5.71.